The average molecular weight is 490 g/mol. The number of carbonyl (C=O) groups is 2. The molecule has 4 N–H and O–H groups in total. The van der Waals surface area contributed by atoms with Gasteiger partial charge >= 0.3 is 45.5 Å². The van der Waals surface area contributed by atoms with Gasteiger partial charge in [-0.25, -0.2) is 0 Å². The van der Waals surface area contributed by atoms with Crippen LogP contribution in [0.15, 0.2) is 23.7 Å². The van der Waals surface area contributed by atoms with Crippen LogP contribution in [0.5, 0.6) is 0 Å². The molecule has 0 aliphatic heterocycles. The number of ketones is 2. The third kappa shape index (κ3) is 18.3. The molecule has 0 bridgehead atoms. The minimum Gasteiger partial charge on any atom is -0.875 e. The number of carbonyl (C=O) groups excluding carboxylic acids is 2. The summed E-state index contributed by atoms with van der Waals surface area (Å²) in [5, 5.41) is 22.9. The Hall–Kier alpha value is -0.179. The number of hydrogen-bond donors (Lipinski definition) is 0. The van der Waals surface area contributed by atoms with Crippen molar-refractivity contribution in [2.75, 3.05) is 0 Å². The maximum Gasteiger partial charge on any atom is 2.00 e. The SMILES string of the molecule is CC(C)(C)C(=O)C=C([O-])C(C)(C)C.CC(C)(C)C(=O)C=C([O-])C(C)(C)C.O.O.[Sr+2]. The number of allylic oxidation sites excluding steroid dienone is 4. The second-order valence-corrected chi connectivity index (χ2v) is 10.7. The van der Waals surface area contributed by atoms with Gasteiger partial charge in [-0.15, -0.1) is 11.5 Å². The van der Waals surface area contributed by atoms with Crippen LogP contribution in [-0.2, 0) is 9.59 Å². The Morgan fingerprint density at radius 3 is 0.793 bits per heavy atom. The van der Waals surface area contributed by atoms with Crippen molar-refractivity contribution in [2.24, 2.45) is 21.7 Å². The van der Waals surface area contributed by atoms with E-state index in [9.17, 15) is 19.8 Å². The van der Waals surface area contributed by atoms with E-state index in [4.69, 9.17) is 0 Å². The van der Waals surface area contributed by atoms with Gasteiger partial charge in [-0.05, 0) is 23.0 Å². The third-order valence-electron chi connectivity index (χ3n) is 3.48. The zero-order valence-corrected chi connectivity index (χ0v) is 24.0. The standard InChI is InChI=1S/2C11H20O2.2H2O.Sr/c2*1-10(2,3)8(12)7-9(13)11(4,5)6;;;/h2*7,12H,1-6H3;2*1H2;/q;;;;+2/p-2. The van der Waals surface area contributed by atoms with Gasteiger partial charge in [0.2, 0.25) is 0 Å². The van der Waals surface area contributed by atoms with Crippen molar-refractivity contribution in [3.8, 4) is 0 Å². The molecule has 29 heavy (non-hydrogen) atoms. The Morgan fingerprint density at radius 1 is 0.517 bits per heavy atom. The molecule has 0 aromatic rings. The van der Waals surface area contributed by atoms with Gasteiger partial charge in [0, 0.05) is 10.8 Å². The fraction of sp³-hybridized carbons (Fsp3) is 0.727. The Balaban J connectivity index is -0.000000120. The number of hydrogen-bond acceptors (Lipinski definition) is 4. The van der Waals surface area contributed by atoms with Gasteiger partial charge < -0.3 is 21.2 Å². The van der Waals surface area contributed by atoms with Crippen molar-refractivity contribution >= 4 is 57.0 Å². The molecule has 0 aromatic heterocycles. The van der Waals surface area contributed by atoms with Crippen LogP contribution in [0.1, 0.15) is 83.1 Å². The van der Waals surface area contributed by atoms with Gasteiger partial charge in [-0.1, -0.05) is 83.1 Å². The van der Waals surface area contributed by atoms with E-state index in [1.165, 1.54) is 12.2 Å². The molecule has 168 valence electrons. The second-order valence-electron chi connectivity index (χ2n) is 10.7. The molecule has 0 unspecified atom stereocenters. The largest absolute Gasteiger partial charge is 2.00 e. The van der Waals surface area contributed by atoms with Crippen molar-refractivity contribution in [1.29, 1.82) is 0 Å². The summed E-state index contributed by atoms with van der Waals surface area (Å²) in [5.41, 5.74) is -1.83. The van der Waals surface area contributed by atoms with Crippen molar-refractivity contribution in [1.82, 2.24) is 0 Å². The molecular weight excluding hydrogens is 448 g/mol. The van der Waals surface area contributed by atoms with E-state index in [-0.39, 0.29) is 79.5 Å². The third-order valence-corrected chi connectivity index (χ3v) is 3.48. The van der Waals surface area contributed by atoms with Crippen LogP contribution in [0.3, 0.4) is 0 Å². The minimum atomic E-state index is -0.457. The fourth-order valence-corrected chi connectivity index (χ4v) is 1.10. The molecule has 0 fully saturated rings. The van der Waals surface area contributed by atoms with Crippen LogP contribution in [0.25, 0.3) is 0 Å². The Bertz CT molecular complexity index is 510. The molecule has 0 aromatic carbocycles. The fourth-order valence-electron chi connectivity index (χ4n) is 1.10. The quantitative estimate of drug-likeness (QED) is 0.330. The van der Waals surface area contributed by atoms with Crippen molar-refractivity contribution in [3.63, 3.8) is 0 Å². The van der Waals surface area contributed by atoms with E-state index in [0.29, 0.717) is 0 Å². The molecule has 0 aliphatic rings. The van der Waals surface area contributed by atoms with Gasteiger partial charge in [0.15, 0.2) is 11.6 Å². The summed E-state index contributed by atoms with van der Waals surface area (Å²) in [5.74, 6) is -0.417. The van der Waals surface area contributed by atoms with Gasteiger partial charge in [0.25, 0.3) is 0 Å². The van der Waals surface area contributed by atoms with E-state index < -0.39 is 21.7 Å². The summed E-state index contributed by atoms with van der Waals surface area (Å²) in [7, 11) is 0. The molecule has 0 aliphatic carbocycles. The summed E-state index contributed by atoms with van der Waals surface area (Å²) >= 11 is 0. The van der Waals surface area contributed by atoms with Crippen molar-refractivity contribution < 1.29 is 30.8 Å². The maximum atomic E-state index is 11.4. The van der Waals surface area contributed by atoms with E-state index in [2.05, 4.69) is 0 Å². The zero-order valence-electron chi connectivity index (χ0n) is 20.5. The van der Waals surface area contributed by atoms with Gasteiger partial charge in [-0.3, -0.25) is 9.59 Å². The molecule has 0 rings (SSSR count). The first-order chi connectivity index (χ1) is 11.1. The molecule has 0 atom stereocenters. The molecule has 0 heterocycles. The van der Waals surface area contributed by atoms with Gasteiger partial charge in [0.1, 0.15) is 0 Å². The van der Waals surface area contributed by atoms with Gasteiger partial charge in [0.05, 0.1) is 0 Å². The predicted molar refractivity (Wildman–Crippen MR) is 117 cm³/mol. The first-order valence-electron chi connectivity index (χ1n) is 8.97. The Morgan fingerprint density at radius 2 is 0.690 bits per heavy atom. The van der Waals surface area contributed by atoms with E-state index in [1.807, 2.05) is 83.1 Å². The molecule has 0 saturated carbocycles. The van der Waals surface area contributed by atoms with Crippen molar-refractivity contribution in [2.45, 2.75) is 83.1 Å². The monoisotopic (exact) mass is 490 g/mol. The van der Waals surface area contributed by atoms with Crippen LogP contribution in [0.2, 0.25) is 0 Å². The first-order valence-corrected chi connectivity index (χ1v) is 8.97. The van der Waals surface area contributed by atoms with Crippen molar-refractivity contribution in [3.05, 3.63) is 23.7 Å². The summed E-state index contributed by atoms with van der Waals surface area (Å²) in [6.07, 6.45) is 2.44. The van der Waals surface area contributed by atoms with Crippen LogP contribution >= 0.6 is 0 Å². The van der Waals surface area contributed by atoms with E-state index in [0.717, 1.165) is 0 Å². The normalized spacial score (nSPS) is 13.0. The van der Waals surface area contributed by atoms with Crippen LogP contribution in [-0.4, -0.2) is 68.0 Å². The molecular formula is C22H42O6Sr. The molecule has 7 heteroatoms. The van der Waals surface area contributed by atoms with Gasteiger partial charge in [-0.2, -0.15) is 0 Å². The second kappa shape index (κ2) is 14.0. The molecule has 6 nitrogen and oxygen atoms in total. The minimum absolute atomic E-state index is 0. The molecule has 0 spiro atoms. The van der Waals surface area contributed by atoms with Crippen LogP contribution in [0, 0.1) is 21.7 Å². The average Bonchev–Trinajstić information content (AvgIpc) is 2.34. The summed E-state index contributed by atoms with van der Waals surface area (Å²) in [4.78, 5) is 22.9. The summed E-state index contributed by atoms with van der Waals surface area (Å²) in [6, 6.07) is 0. The Kier molecular flexibility index (Phi) is 19.0. The van der Waals surface area contributed by atoms with Crippen LogP contribution < -0.4 is 10.2 Å². The topological polar surface area (TPSA) is 143 Å². The van der Waals surface area contributed by atoms with E-state index in [1.54, 1.807) is 0 Å². The number of rotatable bonds is 2. The summed E-state index contributed by atoms with van der Waals surface area (Å²) in [6.45, 7) is 21.7. The summed E-state index contributed by atoms with van der Waals surface area (Å²) < 4.78 is 0. The predicted octanol–water partition coefficient (Wildman–Crippen LogP) is 1.75. The first kappa shape index (κ1) is 39.3. The Labute approximate surface area is 214 Å². The smallest absolute Gasteiger partial charge is 0.875 e. The molecule has 0 radical (unpaired) electrons. The molecule has 0 amide bonds. The zero-order chi connectivity index (χ0) is 21.7. The van der Waals surface area contributed by atoms with E-state index >= 15 is 0 Å². The molecule has 0 saturated heterocycles. The van der Waals surface area contributed by atoms with Crippen LogP contribution in [0.4, 0.5) is 0 Å². The maximum absolute atomic E-state index is 11.4.